The minimum atomic E-state index is -4.85. The molecule has 0 saturated carbocycles. The van der Waals surface area contributed by atoms with Gasteiger partial charge in [-0.25, -0.2) is 4.98 Å². The van der Waals surface area contributed by atoms with Crippen LogP contribution >= 0.6 is 0 Å². The molecule has 0 fully saturated rings. The molecule has 0 radical (unpaired) electrons. The summed E-state index contributed by atoms with van der Waals surface area (Å²) < 4.78 is 42.1. The molecule has 3 rings (SSSR count). The Balaban J connectivity index is 1.77. The predicted molar refractivity (Wildman–Crippen MR) is 65.7 cm³/mol. The average molecular weight is 313 g/mol. The van der Waals surface area contributed by atoms with Gasteiger partial charge in [0.25, 0.3) is 5.91 Å². The molecule has 1 amide bonds. The molecule has 3 heterocycles. The van der Waals surface area contributed by atoms with Crippen LogP contribution in [0.15, 0.2) is 24.5 Å². The molecule has 0 bridgehead atoms. The van der Waals surface area contributed by atoms with Gasteiger partial charge < -0.3 is 14.2 Å². The zero-order chi connectivity index (χ0) is 15.7. The lowest BCUT2D eigenvalue weighted by Gasteiger charge is -2.26. The van der Waals surface area contributed by atoms with Crippen molar-refractivity contribution in [1.82, 2.24) is 24.6 Å². The number of carbonyl (C=O) groups is 1. The Morgan fingerprint density at radius 2 is 2.09 bits per heavy atom. The molecule has 7 nitrogen and oxygen atoms in total. The van der Waals surface area contributed by atoms with Gasteiger partial charge in [-0.3, -0.25) is 4.79 Å². The van der Waals surface area contributed by atoms with E-state index in [2.05, 4.69) is 19.9 Å². The maximum atomic E-state index is 12.3. The molecule has 0 aliphatic carbocycles. The lowest BCUT2D eigenvalue weighted by molar-refractivity contribution is -0.276. The maximum absolute atomic E-state index is 12.3. The van der Waals surface area contributed by atoms with Crippen molar-refractivity contribution in [3.8, 4) is 5.88 Å². The van der Waals surface area contributed by atoms with Crippen molar-refractivity contribution in [2.75, 3.05) is 6.54 Å². The summed E-state index contributed by atoms with van der Waals surface area (Å²) in [5.41, 5.74) is -0.116. The minimum absolute atomic E-state index is 0.116. The van der Waals surface area contributed by atoms with Crippen molar-refractivity contribution >= 4 is 5.91 Å². The lowest BCUT2D eigenvalue weighted by atomic mass is 10.2. The van der Waals surface area contributed by atoms with Crippen LogP contribution in [0, 0.1) is 0 Å². The van der Waals surface area contributed by atoms with E-state index < -0.39 is 18.1 Å². The van der Waals surface area contributed by atoms with Crippen LogP contribution in [-0.2, 0) is 13.1 Å². The molecule has 0 unspecified atom stereocenters. The molecule has 2 aromatic heterocycles. The summed E-state index contributed by atoms with van der Waals surface area (Å²) in [7, 11) is 0. The first-order valence-corrected chi connectivity index (χ1v) is 6.31. The number of alkyl halides is 3. The molecule has 0 aromatic carbocycles. The van der Waals surface area contributed by atoms with Gasteiger partial charge >= 0.3 is 6.36 Å². The Hall–Kier alpha value is -2.65. The first-order valence-electron chi connectivity index (χ1n) is 6.31. The highest BCUT2D eigenvalue weighted by Gasteiger charge is 2.32. The Kier molecular flexibility index (Phi) is 3.43. The van der Waals surface area contributed by atoms with Crippen molar-refractivity contribution in [2.24, 2.45) is 0 Å². The topological polar surface area (TPSA) is 73.1 Å². The number of hydrogen-bond acceptors (Lipinski definition) is 5. The van der Waals surface area contributed by atoms with E-state index in [-0.39, 0.29) is 12.2 Å². The van der Waals surface area contributed by atoms with Crippen LogP contribution in [0.2, 0.25) is 0 Å². The van der Waals surface area contributed by atoms with Gasteiger partial charge in [0.2, 0.25) is 5.88 Å². The summed E-state index contributed by atoms with van der Waals surface area (Å²) in [4.78, 5) is 17.4. The summed E-state index contributed by atoms with van der Waals surface area (Å²) in [6.45, 7) is 1.15. The van der Waals surface area contributed by atoms with E-state index in [4.69, 9.17) is 0 Å². The molecule has 0 atom stereocenters. The highest BCUT2D eigenvalue weighted by molar-refractivity contribution is 5.92. The highest BCUT2D eigenvalue weighted by Crippen LogP contribution is 2.21. The number of carbonyl (C=O) groups excluding carboxylic acids is 1. The summed E-state index contributed by atoms with van der Waals surface area (Å²) in [6.07, 6.45) is -3.29. The van der Waals surface area contributed by atoms with E-state index in [0.717, 1.165) is 6.07 Å². The van der Waals surface area contributed by atoms with Crippen LogP contribution in [0.1, 0.15) is 16.3 Å². The minimum Gasteiger partial charge on any atom is -0.388 e. The van der Waals surface area contributed by atoms with Crippen LogP contribution in [0.5, 0.6) is 5.88 Å². The van der Waals surface area contributed by atoms with E-state index in [1.807, 2.05) is 0 Å². The number of ether oxygens (including phenoxy) is 1. The highest BCUT2D eigenvalue weighted by atomic mass is 19.4. The van der Waals surface area contributed by atoms with Gasteiger partial charge in [-0.2, -0.15) is 0 Å². The summed E-state index contributed by atoms with van der Waals surface area (Å²) in [5, 5.41) is 7.61. The first-order chi connectivity index (χ1) is 10.4. The normalized spacial score (nSPS) is 14.6. The van der Waals surface area contributed by atoms with Crippen LogP contribution in [0.4, 0.5) is 13.2 Å². The van der Waals surface area contributed by atoms with E-state index in [0.29, 0.717) is 18.9 Å². The van der Waals surface area contributed by atoms with Crippen LogP contribution in [0.25, 0.3) is 0 Å². The maximum Gasteiger partial charge on any atom is 0.574 e. The van der Waals surface area contributed by atoms with Crippen molar-refractivity contribution in [2.45, 2.75) is 19.5 Å². The van der Waals surface area contributed by atoms with Crippen molar-refractivity contribution < 1.29 is 22.7 Å². The molecule has 0 spiro atoms. The molecule has 2 aromatic rings. The number of halogens is 3. The number of aromatic nitrogens is 4. The van der Waals surface area contributed by atoms with E-state index in [9.17, 15) is 18.0 Å². The smallest absolute Gasteiger partial charge is 0.388 e. The first kappa shape index (κ1) is 14.3. The number of rotatable bonds is 2. The fourth-order valence-corrected chi connectivity index (χ4v) is 2.11. The molecule has 10 heteroatoms. The monoisotopic (exact) mass is 313 g/mol. The molecular formula is C12H10F3N5O2. The summed E-state index contributed by atoms with van der Waals surface area (Å²) >= 11 is 0. The van der Waals surface area contributed by atoms with E-state index >= 15 is 0 Å². The van der Waals surface area contributed by atoms with E-state index in [1.54, 1.807) is 10.9 Å². The summed E-state index contributed by atoms with van der Waals surface area (Å²) in [5.74, 6) is -0.539. The Bertz CT molecular complexity index is 700. The van der Waals surface area contributed by atoms with Gasteiger partial charge in [-0.05, 0) is 6.07 Å². The second-order valence-electron chi connectivity index (χ2n) is 4.58. The number of nitrogens with zero attached hydrogens (tertiary/aromatic N) is 5. The largest absolute Gasteiger partial charge is 0.574 e. The third kappa shape index (κ3) is 3.00. The van der Waals surface area contributed by atoms with Gasteiger partial charge in [-0.1, -0.05) is 6.07 Å². The van der Waals surface area contributed by atoms with Gasteiger partial charge in [0.15, 0.2) is 5.82 Å². The van der Waals surface area contributed by atoms with Gasteiger partial charge in [0.05, 0.1) is 6.54 Å². The van der Waals surface area contributed by atoms with Gasteiger partial charge in [-0.15, -0.1) is 23.4 Å². The molecule has 0 N–H and O–H groups in total. The molecule has 116 valence electrons. The van der Waals surface area contributed by atoms with Crippen LogP contribution < -0.4 is 4.74 Å². The van der Waals surface area contributed by atoms with E-state index in [1.165, 1.54) is 17.0 Å². The Morgan fingerprint density at radius 1 is 1.27 bits per heavy atom. The lowest BCUT2D eigenvalue weighted by Crippen LogP contribution is -2.38. The average Bonchev–Trinajstić information content (AvgIpc) is 2.92. The number of hydrogen-bond donors (Lipinski definition) is 0. The molecule has 1 aliphatic rings. The second-order valence-corrected chi connectivity index (χ2v) is 4.58. The second kappa shape index (κ2) is 5.28. The van der Waals surface area contributed by atoms with Crippen molar-refractivity contribution in [3.63, 3.8) is 0 Å². The Morgan fingerprint density at radius 3 is 2.86 bits per heavy atom. The quantitative estimate of drug-likeness (QED) is 0.834. The number of amides is 1. The van der Waals surface area contributed by atoms with Gasteiger partial charge in [0.1, 0.15) is 12.0 Å². The zero-order valence-corrected chi connectivity index (χ0v) is 11.1. The standard InChI is InChI=1S/C12H10F3N5O2/c13-12(14,15)22-10-3-1-2-8(17-10)11(21)19-4-5-20-7-16-18-9(20)6-19/h1-3,7H,4-6H2. The van der Waals surface area contributed by atoms with Crippen LogP contribution in [0.3, 0.4) is 0 Å². The fraction of sp³-hybridized carbons (Fsp3) is 0.333. The van der Waals surface area contributed by atoms with Crippen molar-refractivity contribution in [3.05, 3.63) is 36.0 Å². The zero-order valence-electron chi connectivity index (χ0n) is 11.1. The number of fused-ring (bicyclic) bond motifs is 1. The number of pyridine rings is 1. The SMILES string of the molecule is O=C(c1cccc(OC(F)(F)F)n1)N1CCn2cnnc2C1. The van der Waals surface area contributed by atoms with Crippen molar-refractivity contribution in [1.29, 1.82) is 0 Å². The van der Waals surface area contributed by atoms with Gasteiger partial charge in [0, 0.05) is 19.2 Å². The third-order valence-electron chi connectivity index (χ3n) is 3.09. The predicted octanol–water partition coefficient (Wildman–Crippen LogP) is 1.23. The fourth-order valence-electron chi connectivity index (χ4n) is 2.11. The molecular weight excluding hydrogens is 303 g/mol. The summed E-state index contributed by atoms with van der Waals surface area (Å²) in [6, 6.07) is 3.66. The third-order valence-corrected chi connectivity index (χ3v) is 3.09. The van der Waals surface area contributed by atoms with Crippen LogP contribution in [-0.4, -0.2) is 43.5 Å². The Labute approximate surface area is 122 Å². The molecule has 22 heavy (non-hydrogen) atoms. The molecule has 0 saturated heterocycles. The molecule has 1 aliphatic heterocycles.